The summed E-state index contributed by atoms with van der Waals surface area (Å²) in [4.78, 5) is 23.2. The fourth-order valence-corrected chi connectivity index (χ4v) is 2.11. The molecule has 2 atom stereocenters. The first-order chi connectivity index (χ1) is 9.81. The highest BCUT2D eigenvalue weighted by molar-refractivity contribution is 6.31. The summed E-state index contributed by atoms with van der Waals surface area (Å²) in [6.45, 7) is 3.74. The normalized spacial score (nSPS) is 13.5. The second kappa shape index (κ2) is 8.00. The summed E-state index contributed by atoms with van der Waals surface area (Å²) in [6, 6.07) is 4.48. The molecule has 0 aliphatic rings. The number of benzene rings is 1. The van der Waals surface area contributed by atoms with Crippen molar-refractivity contribution in [3.05, 3.63) is 28.8 Å². The summed E-state index contributed by atoms with van der Waals surface area (Å²) in [5, 5.41) is 12.1. The lowest BCUT2D eigenvalue weighted by Crippen LogP contribution is -2.22. The first kappa shape index (κ1) is 17.5. The minimum absolute atomic E-state index is 0.0152. The Labute approximate surface area is 129 Å². The van der Waals surface area contributed by atoms with Crippen LogP contribution in [0.3, 0.4) is 0 Å². The molecule has 0 saturated heterocycles. The van der Waals surface area contributed by atoms with E-state index in [1.54, 1.807) is 6.07 Å². The van der Waals surface area contributed by atoms with Crippen molar-refractivity contribution in [1.29, 1.82) is 0 Å². The summed E-state index contributed by atoms with van der Waals surface area (Å²) in [6.07, 6.45) is 2.43. The Hall–Kier alpha value is -1.59. The molecule has 0 spiro atoms. The molecule has 0 aliphatic carbocycles. The molecule has 1 amide bonds. The van der Waals surface area contributed by atoms with Crippen LogP contribution in [-0.4, -0.2) is 23.0 Å². The number of carboxylic acids is 1. The van der Waals surface area contributed by atoms with Crippen molar-refractivity contribution in [1.82, 2.24) is 0 Å². The third-order valence-electron chi connectivity index (χ3n) is 3.21. The number of nitrogens with two attached hydrogens (primary N) is 1. The molecule has 6 heteroatoms. The molecule has 0 bridgehead atoms. The standard InChI is InChI=1S/C15H21ClN2O3/c1-9(4-3-5-10(2)17)14(19)18-13-7-6-11(16)8-12(13)15(20)21/h6-10H,3-5,17H2,1-2H3,(H,18,19)(H,20,21). The van der Waals surface area contributed by atoms with Gasteiger partial charge in [-0.25, -0.2) is 4.79 Å². The number of amides is 1. The van der Waals surface area contributed by atoms with Crippen molar-refractivity contribution in [2.24, 2.45) is 11.7 Å². The van der Waals surface area contributed by atoms with Crippen molar-refractivity contribution in [2.45, 2.75) is 39.2 Å². The molecular weight excluding hydrogens is 292 g/mol. The number of rotatable bonds is 7. The van der Waals surface area contributed by atoms with Crippen molar-refractivity contribution >= 4 is 29.2 Å². The second-order valence-electron chi connectivity index (χ2n) is 5.29. The number of anilines is 1. The van der Waals surface area contributed by atoms with Gasteiger partial charge in [0.1, 0.15) is 0 Å². The van der Waals surface area contributed by atoms with Crippen LogP contribution in [0.4, 0.5) is 5.69 Å². The third kappa shape index (κ3) is 5.73. The number of carboxylic acid groups (broad SMARTS) is 1. The van der Waals surface area contributed by atoms with Crippen molar-refractivity contribution < 1.29 is 14.7 Å². The maximum atomic E-state index is 12.1. The molecule has 0 radical (unpaired) electrons. The summed E-state index contributed by atoms with van der Waals surface area (Å²) in [5.74, 6) is -1.54. The zero-order chi connectivity index (χ0) is 16.0. The van der Waals surface area contributed by atoms with E-state index in [-0.39, 0.29) is 29.1 Å². The van der Waals surface area contributed by atoms with Gasteiger partial charge in [0.05, 0.1) is 11.3 Å². The van der Waals surface area contributed by atoms with E-state index in [4.69, 9.17) is 22.4 Å². The maximum absolute atomic E-state index is 12.1. The SMILES string of the molecule is CC(N)CCCC(C)C(=O)Nc1ccc(Cl)cc1C(=O)O. The molecule has 0 fully saturated rings. The van der Waals surface area contributed by atoms with Gasteiger partial charge in [-0.1, -0.05) is 24.9 Å². The number of carbonyl (C=O) groups is 2. The molecule has 0 heterocycles. The Morgan fingerprint density at radius 2 is 2.00 bits per heavy atom. The predicted octanol–water partition coefficient (Wildman–Crippen LogP) is 3.13. The largest absolute Gasteiger partial charge is 0.478 e. The fraction of sp³-hybridized carbons (Fsp3) is 0.467. The lowest BCUT2D eigenvalue weighted by molar-refractivity contribution is -0.119. The lowest BCUT2D eigenvalue weighted by atomic mass is 10.0. The summed E-state index contributed by atoms with van der Waals surface area (Å²) in [7, 11) is 0. The monoisotopic (exact) mass is 312 g/mol. The van der Waals surface area contributed by atoms with E-state index in [0.29, 0.717) is 11.4 Å². The van der Waals surface area contributed by atoms with Crippen molar-refractivity contribution in [3.63, 3.8) is 0 Å². The molecule has 116 valence electrons. The van der Waals surface area contributed by atoms with Crippen LogP contribution >= 0.6 is 11.6 Å². The second-order valence-corrected chi connectivity index (χ2v) is 5.73. The van der Waals surface area contributed by atoms with Crippen molar-refractivity contribution in [2.75, 3.05) is 5.32 Å². The molecule has 21 heavy (non-hydrogen) atoms. The van der Waals surface area contributed by atoms with Gasteiger partial charge in [-0.15, -0.1) is 0 Å². The molecule has 0 aromatic heterocycles. The minimum atomic E-state index is -1.13. The highest BCUT2D eigenvalue weighted by atomic mass is 35.5. The molecular formula is C15H21ClN2O3. The number of hydrogen-bond acceptors (Lipinski definition) is 3. The van der Waals surface area contributed by atoms with Gasteiger partial charge in [0.25, 0.3) is 0 Å². The summed E-state index contributed by atoms with van der Waals surface area (Å²) >= 11 is 5.77. The van der Waals surface area contributed by atoms with Gasteiger partial charge >= 0.3 is 5.97 Å². The first-order valence-electron chi connectivity index (χ1n) is 6.90. The Kier molecular flexibility index (Phi) is 6.65. The molecule has 5 nitrogen and oxygen atoms in total. The zero-order valence-electron chi connectivity index (χ0n) is 12.2. The van der Waals surface area contributed by atoms with E-state index < -0.39 is 5.97 Å². The maximum Gasteiger partial charge on any atom is 0.337 e. The van der Waals surface area contributed by atoms with E-state index in [0.717, 1.165) is 12.8 Å². The van der Waals surface area contributed by atoms with Crippen LogP contribution in [0.1, 0.15) is 43.5 Å². The Morgan fingerprint density at radius 3 is 2.57 bits per heavy atom. The van der Waals surface area contributed by atoms with Crippen LogP contribution in [0.25, 0.3) is 0 Å². The highest BCUT2D eigenvalue weighted by Crippen LogP contribution is 2.22. The molecule has 0 aliphatic heterocycles. The van der Waals surface area contributed by atoms with Crippen LogP contribution in [-0.2, 0) is 4.79 Å². The van der Waals surface area contributed by atoms with Crippen LogP contribution in [0.5, 0.6) is 0 Å². The molecule has 1 rings (SSSR count). The van der Waals surface area contributed by atoms with Gasteiger partial charge in [0, 0.05) is 17.0 Å². The number of nitrogens with one attached hydrogen (secondary N) is 1. The quantitative estimate of drug-likeness (QED) is 0.721. The molecule has 1 aromatic rings. The van der Waals surface area contributed by atoms with Gasteiger partial charge in [-0.3, -0.25) is 4.79 Å². The number of halogens is 1. The molecule has 4 N–H and O–H groups in total. The average Bonchev–Trinajstić information content (AvgIpc) is 2.39. The van der Waals surface area contributed by atoms with E-state index in [1.165, 1.54) is 12.1 Å². The van der Waals surface area contributed by atoms with Gasteiger partial charge in [-0.2, -0.15) is 0 Å². The smallest absolute Gasteiger partial charge is 0.337 e. The molecule has 0 saturated carbocycles. The van der Waals surface area contributed by atoms with E-state index >= 15 is 0 Å². The first-order valence-corrected chi connectivity index (χ1v) is 7.28. The van der Waals surface area contributed by atoms with Gasteiger partial charge < -0.3 is 16.2 Å². The van der Waals surface area contributed by atoms with E-state index in [9.17, 15) is 9.59 Å². The fourth-order valence-electron chi connectivity index (χ4n) is 1.94. The van der Waals surface area contributed by atoms with Crippen LogP contribution < -0.4 is 11.1 Å². The van der Waals surface area contributed by atoms with Gasteiger partial charge in [0.2, 0.25) is 5.91 Å². The zero-order valence-corrected chi connectivity index (χ0v) is 13.0. The minimum Gasteiger partial charge on any atom is -0.478 e. The van der Waals surface area contributed by atoms with E-state index in [1.807, 2.05) is 13.8 Å². The topological polar surface area (TPSA) is 92.4 Å². The van der Waals surface area contributed by atoms with Crippen LogP contribution in [0, 0.1) is 5.92 Å². The van der Waals surface area contributed by atoms with Gasteiger partial charge in [-0.05, 0) is 38.0 Å². The Balaban J connectivity index is 2.68. The number of carbonyl (C=O) groups excluding carboxylic acids is 1. The third-order valence-corrected chi connectivity index (χ3v) is 3.45. The van der Waals surface area contributed by atoms with E-state index in [2.05, 4.69) is 5.32 Å². The van der Waals surface area contributed by atoms with Gasteiger partial charge in [0.15, 0.2) is 0 Å². The Morgan fingerprint density at radius 1 is 1.33 bits per heavy atom. The Bertz CT molecular complexity index is 518. The molecule has 2 unspecified atom stereocenters. The predicted molar refractivity (Wildman–Crippen MR) is 83.7 cm³/mol. The van der Waals surface area contributed by atoms with Crippen LogP contribution in [0.15, 0.2) is 18.2 Å². The van der Waals surface area contributed by atoms with Crippen molar-refractivity contribution in [3.8, 4) is 0 Å². The number of hydrogen-bond donors (Lipinski definition) is 3. The lowest BCUT2D eigenvalue weighted by Gasteiger charge is -2.14. The number of aromatic carboxylic acids is 1. The molecule has 1 aromatic carbocycles. The summed E-state index contributed by atoms with van der Waals surface area (Å²) < 4.78 is 0. The van der Waals surface area contributed by atoms with Crippen LogP contribution in [0.2, 0.25) is 5.02 Å². The summed E-state index contributed by atoms with van der Waals surface area (Å²) in [5.41, 5.74) is 5.91. The average molecular weight is 313 g/mol. The highest BCUT2D eigenvalue weighted by Gasteiger charge is 2.17.